The summed E-state index contributed by atoms with van der Waals surface area (Å²) < 4.78 is 0. The fraction of sp³-hybridized carbons (Fsp3) is 0.619. The average Bonchev–Trinajstić information content (AvgIpc) is 3.04. The van der Waals surface area contributed by atoms with E-state index in [2.05, 4.69) is 55.0 Å². The molecule has 1 N–H and O–H groups in total. The van der Waals surface area contributed by atoms with Crippen LogP contribution in [0.1, 0.15) is 51.7 Å². The molecule has 0 spiro atoms. The zero-order valence-electron chi connectivity index (χ0n) is 16.8. The smallest absolute Gasteiger partial charge is 0.223 e. The predicted octanol–water partition coefficient (Wildman–Crippen LogP) is 3.00. The third-order valence-electron chi connectivity index (χ3n) is 6.40. The molecule has 0 aromatic heterocycles. The number of nitrogens with zero attached hydrogens (tertiary/aromatic N) is 3. The Kier molecular flexibility index (Phi) is 5.00. The Morgan fingerprint density at radius 3 is 2.27 bits per heavy atom. The second-order valence-corrected chi connectivity index (χ2v) is 8.63. The van der Waals surface area contributed by atoms with Gasteiger partial charge in [-0.15, -0.1) is 0 Å². The lowest BCUT2D eigenvalue weighted by atomic mass is 9.65. The Morgan fingerprint density at radius 2 is 1.77 bits per heavy atom. The SMILES string of the molecule is CN=C(NCCCC(=O)N1Cc2ccccc2C1)N1CC(C)(C)C1(C)C. The number of benzene rings is 1. The highest BCUT2D eigenvalue weighted by Crippen LogP contribution is 2.46. The standard InChI is InChI=1S/C21H32N4O/c1-20(2)15-25(21(20,3)4)19(22-5)23-12-8-11-18(26)24-13-16-9-6-7-10-17(16)14-24/h6-7,9-10H,8,11-15H2,1-5H3,(H,22,23). The van der Waals surface area contributed by atoms with Gasteiger partial charge in [-0.05, 0) is 31.4 Å². The number of rotatable bonds is 4. The van der Waals surface area contributed by atoms with Crippen molar-refractivity contribution in [1.29, 1.82) is 0 Å². The predicted molar refractivity (Wildman–Crippen MR) is 106 cm³/mol. The van der Waals surface area contributed by atoms with Crippen LogP contribution in [0.2, 0.25) is 0 Å². The monoisotopic (exact) mass is 356 g/mol. The number of carbonyl (C=O) groups excluding carboxylic acids is 1. The van der Waals surface area contributed by atoms with Gasteiger partial charge >= 0.3 is 0 Å². The van der Waals surface area contributed by atoms with Crippen molar-refractivity contribution >= 4 is 11.9 Å². The van der Waals surface area contributed by atoms with Crippen LogP contribution in [0, 0.1) is 5.41 Å². The van der Waals surface area contributed by atoms with Gasteiger partial charge in [0.25, 0.3) is 0 Å². The molecule has 2 aliphatic rings. The molecule has 3 rings (SSSR count). The second-order valence-electron chi connectivity index (χ2n) is 8.63. The van der Waals surface area contributed by atoms with E-state index in [0.29, 0.717) is 6.42 Å². The molecule has 0 aliphatic carbocycles. The number of amides is 1. The minimum absolute atomic E-state index is 0.0893. The van der Waals surface area contributed by atoms with Gasteiger partial charge in [0.15, 0.2) is 5.96 Å². The van der Waals surface area contributed by atoms with E-state index in [-0.39, 0.29) is 16.9 Å². The molecule has 0 unspecified atom stereocenters. The summed E-state index contributed by atoms with van der Waals surface area (Å²) in [7, 11) is 1.83. The number of carbonyl (C=O) groups is 1. The topological polar surface area (TPSA) is 47.9 Å². The van der Waals surface area contributed by atoms with Gasteiger partial charge in [-0.1, -0.05) is 38.1 Å². The van der Waals surface area contributed by atoms with E-state index in [9.17, 15) is 4.79 Å². The number of likely N-dealkylation sites (tertiary alicyclic amines) is 1. The number of hydrogen-bond acceptors (Lipinski definition) is 2. The van der Waals surface area contributed by atoms with E-state index in [1.54, 1.807) is 0 Å². The third kappa shape index (κ3) is 3.31. The van der Waals surface area contributed by atoms with Crippen LogP contribution in [0.25, 0.3) is 0 Å². The molecule has 0 saturated carbocycles. The molecule has 1 saturated heterocycles. The maximum atomic E-state index is 12.5. The summed E-state index contributed by atoms with van der Waals surface area (Å²) in [6.45, 7) is 12.4. The van der Waals surface area contributed by atoms with Crippen LogP contribution in [-0.2, 0) is 17.9 Å². The molecule has 1 aromatic carbocycles. The van der Waals surface area contributed by atoms with E-state index < -0.39 is 0 Å². The molecular formula is C21H32N4O. The normalized spacial score (nSPS) is 20.6. The summed E-state index contributed by atoms with van der Waals surface area (Å²) in [5.74, 6) is 1.18. The largest absolute Gasteiger partial charge is 0.356 e. The Morgan fingerprint density at radius 1 is 1.15 bits per heavy atom. The molecule has 142 valence electrons. The number of guanidine groups is 1. The fourth-order valence-corrected chi connectivity index (χ4v) is 3.80. The maximum absolute atomic E-state index is 12.5. The van der Waals surface area contributed by atoms with Gasteiger partial charge in [-0.25, -0.2) is 0 Å². The zero-order chi connectivity index (χ0) is 18.9. The average molecular weight is 357 g/mol. The molecule has 5 nitrogen and oxygen atoms in total. The molecule has 0 atom stereocenters. The van der Waals surface area contributed by atoms with E-state index >= 15 is 0 Å². The molecule has 1 aromatic rings. The van der Waals surface area contributed by atoms with Crippen LogP contribution in [0.3, 0.4) is 0 Å². The quantitative estimate of drug-likeness (QED) is 0.512. The van der Waals surface area contributed by atoms with Crippen LogP contribution in [0.4, 0.5) is 0 Å². The summed E-state index contributed by atoms with van der Waals surface area (Å²) >= 11 is 0. The van der Waals surface area contributed by atoms with Gasteiger partial charge in [0.05, 0.1) is 0 Å². The lowest BCUT2D eigenvalue weighted by Gasteiger charge is -2.62. The summed E-state index contributed by atoms with van der Waals surface area (Å²) in [6, 6.07) is 8.32. The van der Waals surface area contributed by atoms with Gasteiger partial charge < -0.3 is 15.1 Å². The number of hydrogen-bond donors (Lipinski definition) is 1. The highest BCUT2D eigenvalue weighted by Gasteiger charge is 2.53. The van der Waals surface area contributed by atoms with Gasteiger partial charge in [0.2, 0.25) is 5.91 Å². The van der Waals surface area contributed by atoms with Crippen molar-refractivity contribution < 1.29 is 4.79 Å². The molecule has 0 bridgehead atoms. The van der Waals surface area contributed by atoms with E-state index in [0.717, 1.165) is 38.6 Å². The first kappa shape index (κ1) is 18.7. The third-order valence-corrected chi connectivity index (χ3v) is 6.40. The Bertz CT molecular complexity index is 683. The molecule has 5 heteroatoms. The highest BCUT2D eigenvalue weighted by atomic mass is 16.2. The van der Waals surface area contributed by atoms with E-state index in [4.69, 9.17) is 0 Å². The van der Waals surface area contributed by atoms with Crippen LogP contribution < -0.4 is 5.32 Å². The lowest BCUT2D eigenvalue weighted by molar-refractivity contribution is -0.131. The maximum Gasteiger partial charge on any atom is 0.223 e. The minimum Gasteiger partial charge on any atom is -0.356 e. The number of nitrogens with one attached hydrogen (secondary N) is 1. The molecule has 1 amide bonds. The first-order valence-corrected chi connectivity index (χ1v) is 9.59. The fourth-order valence-electron chi connectivity index (χ4n) is 3.80. The van der Waals surface area contributed by atoms with Crippen molar-refractivity contribution in [1.82, 2.24) is 15.1 Å². The summed E-state index contributed by atoms with van der Waals surface area (Å²) in [5, 5.41) is 3.43. The van der Waals surface area contributed by atoms with E-state index in [1.165, 1.54) is 11.1 Å². The zero-order valence-corrected chi connectivity index (χ0v) is 16.8. The van der Waals surface area contributed by atoms with Crippen molar-refractivity contribution in [3.8, 4) is 0 Å². The molecule has 2 aliphatic heterocycles. The van der Waals surface area contributed by atoms with Gasteiger partial charge in [-0.3, -0.25) is 9.79 Å². The lowest BCUT2D eigenvalue weighted by Crippen LogP contribution is -2.72. The van der Waals surface area contributed by atoms with Crippen molar-refractivity contribution in [2.24, 2.45) is 10.4 Å². The van der Waals surface area contributed by atoms with Crippen molar-refractivity contribution in [2.75, 3.05) is 20.1 Å². The Labute approximate surface area is 157 Å². The summed E-state index contributed by atoms with van der Waals surface area (Å²) in [5.41, 5.74) is 2.93. The van der Waals surface area contributed by atoms with Crippen molar-refractivity contribution in [2.45, 2.75) is 59.2 Å². The molecule has 0 radical (unpaired) electrons. The van der Waals surface area contributed by atoms with Crippen LogP contribution in [-0.4, -0.2) is 47.3 Å². The minimum atomic E-state index is 0.0893. The molecule has 2 heterocycles. The highest BCUT2D eigenvalue weighted by molar-refractivity contribution is 5.82. The van der Waals surface area contributed by atoms with Gasteiger partial charge in [-0.2, -0.15) is 0 Å². The van der Waals surface area contributed by atoms with Crippen LogP contribution in [0.15, 0.2) is 29.3 Å². The number of aliphatic imine (C=N–C) groups is 1. The summed E-state index contributed by atoms with van der Waals surface area (Å²) in [4.78, 5) is 21.2. The van der Waals surface area contributed by atoms with Crippen molar-refractivity contribution in [3.05, 3.63) is 35.4 Å². The van der Waals surface area contributed by atoms with Crippen LogP contribution in [0.5, 0.6) is 0 Å². The Hall–Kier alpha value is -2.04. The first-order valence-electron chi connectivity index (χ1n) is 9.59. The molecular weight excluding hydrogens is 324 g/mol. The first-order chi connectivity index (χ1) is 12.3. The van der Waals surface area contributed by atoms with Crippen LogP contribution >= 0.6 is 0 Å². The van der Waals surface area contributed by atoms with E-state index in [1.807, 2.05) is 24.1 Å². The number of fused-ring (bicyclic) bond motifs is 1. The molecule has 26 heavy (non-hydrogen) atoms. The van der Waals surface area contributed by atoms with Gasteiger partial charge in [0.1, 0.15) is 0 Å². The second kappa shape index (κ2) is 6.93. The van der Waals surface area contributed by atoms with Crippen molar-refractivity contribution in [3.63, 3.8) is 0 Å². The summed E-state index contributed by atoms with van der Waals surface area (Å²) in [6.07, 6.45) is 1.40. The van der Waals surface area contributed by atoms with Gasteiger partial charge in [0, 0.05) is 50.6 Å². The molecule has 1 fully saturated rings. The Balaban J connectivity index is 1.42.